The van der Waals surface area contributed by atoms with Crippen LogP contribution in [-0.2, 0) is 6.42 Å². The van der Waals surface area contributed by atoms with E-state index in [2.05, 4.69) is 29.1 Å². The van der Waals surface area contributed by atoms with Crippen LogP contribution >= 0.6 is 0 Å². The molecule has 7 nitrogen and oxygen atoms in total. The molecule has 0 amide bonds. The van der Waals surface area contributed by atoms with Crippen molar-refractivity contribution in [1.82, 2.24) is 9.97 Å². The molecule has 0 fully saturated rings. The monoisotopic (exact) mass is 296 g/mol. The minimum atomic E-state index is -0.488. The van der Waals surface area contributed by atoms with Crippen molar-refractivity contribution < 1.29 is 9.66 Å². The van der Waals surface area contributed by atoms with Gasteiger partial charge in [0.05, 0.1) is 11.5 Å². The number of rotatable bonds is 9. The maximum Gasteiger partial charge on any atom is 0.372 e. The van der Waals surface area contributed by atoms with E-state index in [1.54, 1.807) is 0 Å². The zero-order valence-corrected chi connectivity index (χ0v) is 13.2. The first-order valence-corrected chi connectivity index (χ1v) is 7.41. The molecule has 0 aliphatic rings. The van der Waals surface area contributed by atoms with E-state index in [4.69, 9.17) is 4.74 Å². The van der Waals surface area contributed by atoms with E-state index in [9.17, 15) is 10.1 Å². The third-order valence-corrected chi connectivity index (χ3v) is 2.75. The minimum absolute atomic E-state index is 0.0649. The van der Waals surface area contributed by atoms with E-state index in [1.165, 1.54) is 0 Å². The van der Waals surface area contributed by atoms with Gasteiger partial charge in [0.1, 0.15) is 5.82 Å². The van der Waals surface area contributed by atoms with Crippen molar-refractivity contribution in [2.24, 2.45) is 5.92 Å². The highest BCUT2D eigenvalue weighted by molar-refractivity contribution is 5.61. The lowest BCUT2D eigenvalue weighted by atomic mass is 10.1. The first kappa shape index (κ1) is 17.1. The van der Waals surface area contributed by atoms with Gasteiger partial charge in [0.2, 0.25) is 5.82 Å². The first-order valence-electron chi connectivity index (χ1n) is 7.41. The van der Waals surface area contributed by atoms with Crippen LogP contribution < -0.4 is 10.1 Å². The van der Waals surface area contributed by atoms with Gasteiger partial charge in [-0.1, -0.05) is 27.2 Å². The minimum Gasteiger partial charge on any atom is -0.473 e. The Morgan fingerprint density at radius 2 is 2.05 bits per heavy atom. The molecule has 21 heavy (non-hydrogen) atoms. The predicted molar refractivity (Wildman–Crippen MR) is 81.8 cm³/mol. The molecule has 0 aliphatic carbocycles. The number of hydrogen-bond donors (Lipinski definition) is 1. The van der Waals surface area contributed by atoms with Gasteiger partial charge in [-0.15, -0.1) is 0 Å². The zero-order chi connectivity index (χ0) is 15.8. The van der Waals surface area contributed by atoms with Crippen LogP contribution in [0.4, 0.5) is 11.5 Å². The zero-order valence-electron chi connectivity index (χ0n) is 13.2. The van der Waals surface area contributed by atoms with E-state index in [0.717, 1.165) is 12.8 Å². The molecule has 0 aliphatic heterocycles. The van der Waals surface area contributed by atoms with Crippen LogP contribution in [0.3, 0.4) is 0 Å². The van der Waals surface area contributed by atoms with Crippen LogP contribution in [0, 0.1) is 16.0 Å². The smallest absolute Gasteiger partial charge is 0.372 e. The fourth-order valence-electron chi connectivity index (χ4n) is 1.80. The summed E-state index contributed by atoms with van der Waals surface area (Å²) in [5, 5.41) is 14.2. The van der Waals surface area contributed by atoms with Crippen LogP contribution in [0.1, 0.15) is 46.4 Å². The number of nitrogens with zero attached hydrogens (tertiary/aromatic N) is 3. The largest absolute Gasteiger partial charge is 0.473 e. The molecule has 0 saturated carbocycles. The molecule has 1 heterocycles. The Labute approximate surface area is 125 Å². The number of anilines is 1. The number of nitrogens with one attached hydrogen (secondary N) is 1. The molecule has 118 valence electrons. The summed E-state index contributed by atoms with van der Waals surface area (Å²) in [4.78, 5) is 19.3. The lowest BCUT2D eigenvalue weighted by Crippen LogP contribution is -2.12. The Balaban J connectivity index is 3.19. The van der Waals surface area contributed by atoms with Crippen LogP contribution in [0.25, 0.3) is 0 Å². The maximum atomic E-state index is 11.3. The number of ether oxygens (including phenoxy) is 1. The molecule has 0 bridgehead atoms. The second kappa shape index (κ2) is 8.39. The van der Waals surface area contributed by atoms with Crippen LogP contribution in [0.2, 0.25) is 0 Å². The van der Waals surface area contributed by atoms with Crippen molar-refractivity contribution in [2.75, 3.05) is 18.5 Å². The third kappa shape index (κ3) is 5.17. The number of nitro groups is 1. The summed E-state index contributed by atoms with van der Waals surface area (Å²) in [6.45, 7) is 8.97. The summed E-state index contributed by atoms with van der Waals surface area (Å²) >= 11 is 0. The number of aromatic nitrogens is 2. The van der Waals surface area contributed by atoms with E-state index >= 15 is 0 Å². The molecule has 7 heteroatoms. The molecule has 0 atom stereocenters. The second-order valence-electron chi connectivity index (χ2n) is 5.23. The Morgan fingerprint density at radius 1 is 1.33 bits per heavy atom. The Kier molecular flexibility index (Phi) is 6.84. The molecule has 0 saturated heterocycles. The molecule has 1 rings (SSSR count). The molecule has 1 N–H and O–H groups in total. The van der Waals surface area contributed by atoms with Crippen molar-refractivity contribution in [2.45, 2.75) is 47.0 Å². The normalized spacial score (nSPS) is 10.7. The summed E-state index contributed by atoms with van der Waals surface area (Å²) < 4.78 is 5.52. The molecule has 0 spiro atoms. The Morgan fingerprint density at radius 3 is 2.57 bits per heavy atom. The third-order valence-electron chi connectivity index (χ3n) is 2.75. The van der Waals surface area contributed by atoms with Gasteiger partial charge in [-0.25, -0.2) is 4.98 Å². The van der Waals surface area contributed by atoms with Gasteiger partial charge in [0, 0.05) is 13.0 Å². The molecular weight excluding hydrogens is 272 g/mol. The van der Waals surface area contributed by atoms with Crippen LogP contribution in [-0.4, -0.2) is 28.0 Å². The van der Waals surface area contributed by atoms with E-state index in [-0.39, 0.29) is 17.4 Å². The van der Waals surface area contributed by atoms with Gasteiger partial charge in [0.15, 0.2) is 0 Å². The molecule has 1 aromatic heterocycles. The van der Waals surface area contributed by atoms with Gasteiger partial charge in [-0.3, -0.25) is 10.1 Å². The average Bonchev–Trinajstić information content (AvgIpc) is 2.38. The molecule has 0 aromatic carbocycles. The average molecular weight is 296 g/mol. The topological polar surface area (TPSA) is 90.2 Å². The van der Waals surface area contributed by atoms with Crippen molar-refractivity contribution in [3.63, 3.8) is 0 Å². The van der Waals surface area contributed by atoms with Gasteiger partial charge in [-0.2, -0.15) is 4.98 Å². The van der Waals surface area contributed by atoms with Gasteiger partial charge in [0.25, 0.3) is 5.88 Å². The molecule has 0 radical (unpaired) electrons. The fourth-order valence-corrected chi connectivity index (χ4v) is 1.80. The van der Waals surface area contributed by atoms with Crippen molar-refractivity contribution in [3.8, 4) is 5.88 Å². The summed E-state index contributed by atoms with van der Waals surface area (Å²) in [7, 11) is 0. The highest BCUT2D eigenvalue weighted by Gasteiger charge is 2.26. The summed E-state index contributed by atoms with van der Waals surface area (Å²) in [5.41, 5.74) is -0.180. The number of hydrogen-bond acceptors (Lipinski definition) is 6. The van der Waals surface area contributed by atoms with E-state index in [1.807, 2.05) is 13.8 Å². The van der Waals surface area contributed by atoms with Crippen LogP contribution in [0.5, 0.6) is 5.88 Å². The van der Waals surface area contributed by atoms with E-state index < -0.39 is 4.92 Å². The maximum absolute atomic E-state index is 11.3. The Bertz CT molecular complexity index is 478. The highest BCUT2D eigenvalue weighted by Crippen LogP contribution is 2.32. The van der Waals surface area contributed by atoms with Crippen molar-refractivity contribution in [1.29, 1.82) is 0 Å². The molecule has 0 unspecified atom stereocenters. The molecule has 1 aromatic rings. The lowest BCUT2D eigenvalue weighted by Gasteiger charge is -2.12. The Hall–Kier alpha value is -1.92. The standard InChI is InChI=1S/C14H24N4O3/c1-5-7-8-21-14-12(18(19)20)13(15-6-2)16-11(17-14)9-10(3)4/h10H,5-9H2,1-4H3,(H,15,16,17). The quantitative estimate of drug-likeness (QED) is 0.427. The predicted octanol–water partition coefficient (Wildman–Crippen LogP) is 3.19. The SMILES string of the molecule is CCCCOc1nc(CC(C)C)nc(NCC)c1[N+](=O)[O-]. The van der Waals surface area contributed by atoms with Crippen molar-refractivity contribution >= 4 is 11.5 Å². The lowest BCUT2D eigenvalue weighted by molar-refractivity contribution is -0.385. The summed E-state index contributed by atoms with van der Waals surface area (Å²) in [6.07, 6.45) is 2.44. The highest BCUT2D eigenvalue weighted by atomic mass is 16.6. The van der Waals surface area contributed by atoms with Crippen LogP contribution in [0.15, 0.2) is 0 Å². The first-order chi connectivity index (χ1) is 9.99. The van der Waals surface area contributed by atoms with Gasteiger partial charge >= 0.3 is 5.69 Å². The molecular formula is C14H24N4O3. The summed E-state index contributed by atoms with van der Waals surface area (Å²) in [6, 6.07) is 0. The fraction of sp³-hybridized carbons (Fsp3) is 0.714. The summed E-state index contributed by atoms with van der Waals surface area (Å²) in [5.74, 6) is 1.23. The van der Waals surface area contributed by atoms with Crippen molar-refractivity contribution in [3.05, 3.63) is 15.9 Å². The van der Waals surface area contributed by atoms with E-state index in [0.29, 0.717) is 31.3 Å². The van der Waals surface area contributed by atoms with Gasteiger partial charge in [-0.05, 0) is 19.3 Å². The second-order valence-corrected chi connectivity index (χ2v) is 5.23. The number of unbranched alkanes of at least 4 members (excludes halogenated alkanes) is 1. The van der Waals surface area contributed by atoms with Gasteiger partial charge < -0.3 is 10.1 Å².